The lowest BCUT2D eigenvalue weighted by Gasteiger charge is -2.02. The Hall–Kier alpha value is -1.09. The lowest BCUT2D eigenvalue weighted by molar-refractivity contribution is -0.136. The van der Waals surface area contributed by atoms with E-state index in [4.69, 9.17) is 16.7 Å². The van der Waals surface area contributed by atoms with Crippen LogP contribution in [-0.4, -0.2) is 11.1 Å². The van der Waals surface area contributed by atoms with E-state index in [1.54, 1.807) is 0 Å². The number of carbonyl (C=O) groups is 1. The van der Waals surface area contributed by atoms with Gasteiger partial charge in [0.1, 0.15) is 6.67 Å². The Labute approximate surface area is 80.0 Å². The molecule has 0 aliphatic rings. The summed E-state index contributed by atoms with van der Waals surface area (Å²) in [6.07, 6.45) is -0.134. The molecule has 0 aliphatic carbocycles. The predicted octanol–water partition coefficient (Wildman–Crippen LogP) is 2.44. The molecule has 1 N–H and O–H groups in total. The summed E-state index contributed by atoms with van der Waals surface area (Å²) in [6, 6.07) is 4.51. The molecule has 0 aliphatic heterocycles. The van der Waals surface area contributed by atoms with E-state index in [9.17, 15) is 9.18 Å². The van der Waals surface area contributed by atoms with Crippen molar-refractivity contribution >= 4 is 17.6 Å². The van der Waals surface area contributed by atoms with Crippen LogP contribution in [0.2, 0.25) is 5.02 Å². The van der Waals surface area contributed by atoms with Crippen molar-refractivity contribution < 1.29 is 14.3 Å². The molecule has 0 saturated carbocycles. The molecule has 0 amide bonds. The number of carboxylic acid groups (broad SMARTS) is 1. The minimum atomic E-state index is -0.949. The van der Waals surface area contributed by atoms with Crippen molar-refractivity contribution in [2.24, 2.45) is 0 Å². The number of rotatable bonds is 3. The number of aliphatic carboxylic acids is 1. The fourth-order valence-electron chi connectivity index (χ4n) is 0.980. The van der Waals surface area contributed by atoms with E-state index in [2.05, 4.69) is 0 Å². The zero-order valence-electron chi connectivity index (χ0n) is 6.76. The molecule has 4 heteroatoms. The molecular formula is C9H8ClFO2. The molecule has 1 aromatic carbocycles. The molecule has 0 spiro atoms. The molecule has 0 fully saturated rings. The van der Waals surface area contributed by atoms with Gasteiger partial charge in [-0.05, 0) is 17.2 Å². The van der Waals surface area contributed by atoms with Gasteiger partial charge in [0.15, 0.2) is 0 Å². The van der Waals surface area contributed by atoms with Gasteiger partial charge >= 0.3 is 5.97 Å². The first-order valence-corrected chi connectivity index (χ1v) is 4.06. The van der Waals surface area contributed by atoms with E-state index in [-0.39, 0.29) is 6.42 Å². The number of benzene rings is 1. The minimum Gasteiger partial charge on any atom is -0.481 e. The van der Waals surface area contributed by atoms with Gasteiger partial charge in [-0.1, -0.05) is 23.7 Å². The first-order chi connectivity index (χ1) is 6.13. The molecule has 0 radical (unpaired) electrons. The molecule has 0 bridgehead atoms. The van der Waals surface area contributed by atoms with Crippen LogP contribution in [0, 0.1) is 0 Å². The van der Waals surface area contributed by atoms with E-state index >= 15 is 0 Å². The van der Waals surface area contributed by atoms with E-state index in [0.717, 1.165) is 0 Å². The highest BCUT2D eigenvalue weighted by Crippen LogP contribution is 2.18. The quantitative estimate of drug-likeness (QED) is 0.818. The first kappa shape index (κ1) is 9.99. The molecular weight excluding hydrogens is 195 g/mol. The smallest absolute Gasteiger partial charge is 0.307 e. The van der Waals surface area contributed by atoms with Crippen molar-refractivity contribution in [3.8, 4) is 0 Å². The van der Waals surface area contributed by atoms with Gasteiger partial charge in [-0.3, -0.25) is 4.79 Å². The highest BCUT2D eigenvalue weighted by molar-refractivity contribution is 6.31. The van der Waals surface area contributed by atoms with Gasteiger partial charge in [-0.2, -0.15) is 0 Å². The fourth-order valence-corrected chi connectivity index (χ4v) is 1.25. The second-order valence-electron chi connectivity index (χ2n) is 2.63. The van der Waals surface area contributed by atoms with Crippen LogP contribution in [-0.2, 0) is 17.9 Å². The summed E-state index contributed by atoms with van der Waals surface area (Å²) in [7, 11) is 0. The molecule has 13 heavy (non-hydrogen) atoms. The molecule has 1 aromatic rings. The average Bonchev–Trinajstić information content (AvgIpc) is 2.08. The summed E-state index contributed by atoms with van der Waals surface area (Å²) < 4.78 is 12.1. The Bertz CT molecular complexity index is 325. The maximum atomic E-state index is 12.1. The van der Waals surface area contributed by atoms with E-state index in [1.165, 1.54) is 18.2 Å². The maximum absolute atomic E-state index is 12.1. The molecule has 0 saturated heterocycles. The highest BCUT2D eigenvalue weighted by atomic mass is 35.5. The summed E-state index contributed by atoms with van der Waals surface area (Å²) in [5.41, 5.74) is 0.963. The second kappa shape index (κ2) is 4.23. The third-order valence-electron chi connectivity index (χ3n) is 1.61. The highest BCUT2D eigenvalue weighted by Gasteiger charge is 2.05. The third-order valence-corrected chi connectivity index (χ3v) is 1.97. The van der Waals surface area contributed by atoms with Crippen LogP contribution >= 0.6 is 11.6 Å². The molecule has 0 atom stereocenters. The van der Waals surface area contributed by atoms with Crippen LogP contribution in [0.1, 0.15) is 11.1 Å². The van der Waals surface area contributed by atoms with Crippen molar-refractivity contribution in [1.29, 1.82) is 0 Å². The van der Waals surface area contributed by atoms with Crippen molar-refractivity contribution in [3.63, 3.8) is 0 Å². The largest absolute Gasteiger partial charge is 0.481 e. The lowest BCUT2D eigenvalue weighted by Crippen LogP contribution is -2.00. The van der Waals surface area contributed by atoms with Gasteiger partial charge in [-0.25, -0.2) is 4.39 Å². The van der Waals surface area contributed by atoms with Crippen LogP contribution in [0.15, 0.2) is 18.2 Å². The molecule has 0 heterocycles. The van der Waals surface area contributed by atoms with Crippen molar-refractivity contribution in [1.82, 2.24) is 0 Å². The number of halogens is 2. The zero-order valence-corrected chi connectivity index (χ0v) is 7.51. The topological polar surface area (TPSA) is 37.3 Å². The van der Waals surface area contributed by atoms with E-state index in [0.29, 0.717) is 16.1 Å². The van der Waals surface area contributed by atoms with Crippen LogP contribution in [0.5, 0.6) is 0 Å². The van der Waals surface area contributed by atoms with Gasteiger partial charge in [-0.15, -0.1) is 0 Å². The Morgan fingerprint density at radius 1 is 1.54 bits per heavy atom. The van der Waals surface area contributed by atoms with Gasteiger partial charge in [0.25, 0.3) is 0 Å². The van der Waals surface area contributed by atoms with Gasteiger partial charge in [0.05, 0.1) is 6.42 Å². The lowest BCUT2D eigenvalue weighted by atomic mass is 10.1. The van der Waals surface area contributed by atoms with Crippen molar-refractivity contribution in [2.75, 3.05) is 0 Å². The molecule has 2 nitrogen and oxygen atoms in total. The molecule has 1 rings (SSSR count). The SMILES string of the molecule is O=C(O)Cc1ccc(CF)cc1Cl. The Morgan fingerprint density at radius 2 is 2.23 bits per heavy atom. The van der Waals surface area contributed by atoms with E-state index < -0.39 is 12.6 Å². The monoisotopic (exact) mass is 202 g/mol. The van der Waals surface area contributed by atoms with Crippen LogP contribution < -0.4 is 0 Å². The predicted molar refractivity (Wildman–Crippen MR) is 47.6 cm³/mol. The molecule has 0 aromatic heterocycles. The minimum absolute atomic E-state index is 0.134. The fraction of sp³-hybridized carbons (Fsp3) is 0.222. The average molecular weight is 203 g/mol. The normalized spacial score (nSPS) is 10.0. The summed E-state index contributed by atoms with van der Waals surface area (Å²) in [4.78, 5) is 10.3. The van der Waals surface area contributed by atoms with Crippen LogP contribution in [0.3, 0.4) is 0 Å². The summed E-state index contributed by atoms with van der Waals surface area (Å²) >= 11 is 5.72. The first-order valence-electron chi connectivity index (χ1n) is 3.68. The van der Waals surface area contributed by atoms with Crippen LogP contribution in [0.4, 0.5) is 4.39 Å². The van der Waals surface area contributed by atoms with Gasteiger partial charge < -0.3 is 5.11 Å². The number of hydrogen-bond acceptors (Lipinski definition) is 1. The third kappa shape index (κ3) is 2.70. The Balaban J connectivity index is 2.91. The second-order valence-corrected chi connectivity index (χ2v) is 3.04. The summed E-state index contributed by atoms with van der Waals surface area (Å²) in [6.45, 7) is -0.590. The number of hydrogen-bond donors (Lipinski definition) is 1. The standard InChI is InChI=1S/C9H8ClFO2/c10-8-3-6(5-11)1-2-7(8)4-9(12)13/h1-3H,4-5H2,(H,12,13). The zero-order chi connectivity index (χ0) is 9.84. The van der Waals surface area contributed by atoms with Crippen molar-refractivity contribution in [3.05, 3.63) is 34.3 Å². The van der Waals surface area contributed by atoms with Crippen molar-refractivity contribution in [2.45, 2.75) is 13.1 Å². The molecule has 0 unspecified atom stereocenters. The van der Waals surface area contributed by atoms with Crippen LogP contribution in [0.25, 0.3) is 0 Å². The van der Waals surface area contributed by atoms with E-state index in [1.807, 2.05) is 0 Å². The van der Waals surface area contributed by atoms with Gasteiger partial charge in [0.2, 0.25) is 0 Å². The number of alkyl halides is 1. The Morgan fingerprint density at radius 3 is 2.69 bits per heavy atom. The summed E-state index contributed by atoms with van der Waals surface area (Å²) in [5.74, 6) is -0.949. The maximum Gasteiger partial charge on any atom is 0.307 e. The Kier molecular flexibility index (Phi) is 3.25. The molecule has 70 valence electrons. The summed E-state index contributed by atoms with van der Waals surface area (Å²) in [5, 5.41) is 8.79. The number of carboxylic acids is 1. The van der Waals surface area contributed by atoms with Gasteiger partial charge in [0, 0.05) is 5.02 Å².